The molecular weight excluding hydrogens is 510 g/mol. The van der Waals surface area contributed by atoms with Crippen LogP contribution in [0.1, 0.15) is 23.7 Å². The van der Waals surface area contributed by atoms with Gasteiger partial charge in [-0.25, -0.2) is 13.4 Å². The molecule has 3 aromatic rings. The second-order valence-electron chi connectivity index (χ2n) is 8.03. The highest BCUT2D eigenvalue weighted by Gasteiger charge is 2.23. The molecule has 190 valence electrons. The van der Waals surface area contributed by atoms with Gasteiger partial charge in [0.1, 0.15) is 5.75 Å². The summed E-state index contributed by atoms with van der Waals surface area (Å²) in [5.74, 6) is 0.444. The number of carbonyl (C=O) groups excluding carboxylic acids is 1. The van der Waals surface area contributed by atoms with Gasteiger partial charge in [0.2, 0.25) is 0 Å². The number of anilines is 1. The molecule has 1 saturated heterocycles. The minimum atomic E-state index is -3.42. The molecule has 2 aromatic carbocycles. The third-order valence-electron chi connectivity index (χ3n) is 5.84. The molecule has 0 atom stereocenters. The van der Waals surface area contributed by atoms with E-state index in [1.165, 1.54) is 23.5 Å². The van der Waals surface area contributed by atoms with Gasteiger partial charge in [0.25, 0.3) is 5.91 Å². The molecule has 35 heavy (non-hydrogen) atoms. The molecule has 1 aliphatic heterocycles. The summed E-state index contributed by atoms with van der Waals surface area (Å²) < 4.78 is 36.4. The molecule has 0 spiro atoms. The molecule has 1 aliphatic rings. The standard InChI is InChI=1S/C24H29N3O5S2.ClH/c1-3-34(29,30)20-7-4-6-18(16-20)23(28)27(11-5-10-26-12-14-32-15-13-26)24-25-21-9-8-19(31-2)17-22(21)33-24;/h4,6-9,16-17H,3,5,10-15H2,1-2H3;1H. The number of thiazole rings is 1. The Bertz CT molecular complexity index is 1260. The number of fused-ring (bicyclic) bond motifs is 1. The third kappa shape index (κ3) is 6.50. The Morgan fingerprint density at radius 2 is 1.97 bits per heavy atom. The first-order valence-electron chi connectivity index (χ1n) is 11.3. The number of sulfone groups is 1. The van der Waals surface area contributed by atoms with Crippen LogP contribution in [0.4, 0.5) is 5.13 Å². The zero-order valence-corrected chi connectivity index (χ0v) is 22.3. The van der Waals surface area contributed by atoms with Crippen molar-refractivity contribution >= 4 is 54.8 Å². The molecule has 4 rings (SSSR count). The van der Waals surface area contributed by atoms with Crippen molar-refractivity contribution in [2.24, 2.45) is 0 Å². The summed E-state index contributed by atoms with van der Waals surface area (Å²) in [6.07, 6.45) is 0.762. The van der Waals surface area contributed by atoms with Crippen molar-refractivity contribution < 1.29 is 22.7 Å². The second kappa shape index (κ2) is 12.1. The maximum Gasteiger partial charge on any atom is 0.260 e. The quantitative estimate of drug-likeness (QED) is 0.407. The molecule has 0 N–H and O–H groups in total. The highest BCUT2D eigenvalue weighted by Crippen LogP contribution is 2.32. The number of carbonyl (C=O) groups is 1. The molecule has 0 unspecified atom stereocenters. The molecule has 11 heteroatoms. The van der Waals surface area contributed by atoms with E-state index in [2.05, 4.69) is 4.90 Å². The van der Waals surface area contributed by atoms with Crippen LogP contribution in [0.25, 0.3) is 10.2 Å². The number of ether oxygens (including phenoxy) is 2. The van der Waals surface area contributed by atoms with Gasteiger partial charge in [-0.1, -0.05) is 24.3 Å². The van der Waals surface area contributed by atoms with E-state index >= 15 is 0 Å². The number of methoxy groups -OCH3 is 1. The van der Waals surface area contributed by atoms with Crippen molar-refractivity contribution in [3.05, 3.63) is 48.0 Å². The fourth-order valence-electron chi connectivity index (χ4n) is 3.84. The Labute approximate surface area is 216 Å². The van der Waals surface area contributed by atoms with Crippen molar-refractivity contribution in [2.45, 2.75) is 18.2 Å². The number of nitrogens with zero attached hydrogens (tertiary/aromatic N) is 3. The number of amides is 1. The van der Waals surface area contributed by atoms with Gasteiger partial charge in [-0.15, -0.1) is 12.4 Å². The van der Waals surface area contributed by atoms with E-state index in [1.54, 1.807) is 31.1 Å². The molecule has 8 nitrogen and oxygen atoms in total. The number of aromatic nitrogens is 1. The predicted molar refractivity (Wildman–Crippen MR) is 141 cm³/mol. The van der Waals surface area contributed by atoms with E-state index in [4.69, 9.17) is 14.5 Å². The van der Waals surface area contributed by atoms with Crippen LogP contribution in [0.2, 0.25) is 0 Å². The van der Waals surface area contributed by atoms with E-state index in [0.717, 1.165) is 55.2 Å². The lowest BCUT2D eigenvalue weighted by molar-refractivity contribution is 0.0376. The second-order valence-corrected chi connectivity index (χ2v) is 11.3. The first-order chi connectivity index (χ1) is 16.4. The first kappa shape index (κ1) is 27.3. The van der Waals surface area contributed by atoms with Gasteiger partial charge in [-0.05, 0) is 42.8 Å². The number of benzene rings is 2. The summed E-state index contributed by atoms with van der Waals surface area (Å²) in [7, 11) is -1.81. The average Bonchev–Trinajstić information content (AvgIpc) is 3.29. The number of hydrogen-bond acceptors (Lipinski definition) is 8. The highest BCUT2D eigenvalue weighted by molar-refractivity contribution is 7.91. The molecule has 1 amide bonds. The van der Waals surface area contributed by atoms with Gasteiger partial charge in [0, 0.05) is 31.7 Å². The maximum atomic E-state index is 13.6. The molecule has 1 fully saturated rings. The molecule has 0 aliphatic carbocycles. The van der Waals surface area contributed by atoms with Crippen molar-refractivity contribution in [1.82, 2.24) is 9.88 Å². The van der Waals surface area contributed by atoms with E-state index < -0.39 is 9.84 Å². The van der Waals surface area contributed by atoms with Crippen molar-refractivity contribution in [3.63, 3.8) is 0 Å². The lowest BCUT2D eigenvalue weighted by atomic mass is 10.2. The van der Waals surface area contributed by atoms with E-state index in [-0.39, 0.29) is 29.0 Å². The monoisotopic (exact) mass is 539 g/mol. The smallest absolute Gasteiger partial charge is 0.260 e. The zero-order valence-electron chi connectivity index (χ0n) is 19.8. The Balaban J connectivity index is 0.00000342. The fourth-order valence-corrected chi connectivity index (χ4v) is 5.79. The Kier molecular flexibility index (Phi) is 9.48. The minimum Gasteiger partial charge on any atom is -0.497 e. The summed E-state index contributed by atoms with van der Waals surface area (Å²) in [5.41, 5.74) is 1.12. The maximum absolute atomic E-state index is 13.6. The lowest BCUT2D eigenvalue weighted by Gasteiger charge is -2.27. The Morgan fingerprint density at radius 1 is 1.20 bits per heavy atom. The van der Waals surface area contributed by atoms with Crippen LogP contribution >= 0.6 is 23.7 Å². The molecule has 2 heterocycles. The van der Waals surface area contributed by atoms with Crippen molar-refractivity contribution in [3.8, 4) is 5.75 Å². The Morgan fingerprint density at radius 3 is 2.69 bits per heavy atom. The van der Waals surface area contributed by atoms with Crippen LogP contribution < -0.4 is 9.64 Å². The molecule has 0 bridgehead atoms. The summed E-state index contributed by atoms with van der Waals surface area (Å²) in [4.78, 5) is 22.5. The SMILES string of the molecule is CCS(=O)(=O)c1cccc(C(=O)N(CCCN2CCOCC2)c2nc3ccc(OC)cc3s2)c1.Cl. The molecule has 0 saturated carbocycles. The molecule has 0 radical (unpaired) electrons. The van der Waals surface area contributed by atoms with Gasteiger partial charge in [-0.2, -0.15) is 0 Å². The highest BCUT2D eigenvalue weighted by atomic mass is 35.5. The van der Waals surface area contributed by atoms with E-state index in [1.807, 2.05) is 18.2 Å². The van der Waals surface area contributed by atoms with Crippen LogP contribution in [0.5, 0.6) is 5.75 Å². The summed E-state index contributed by atoms with van der Waals surface area (Å²) >= 11 is 1.42. The van der Waals surface area contributed by atoms with Crippen LogP contribution in [0.3, 0.4) is 0 Å². The fraction of sp³-hybridized carbons (Fsp3) is 0.417. The van der Waals surface area contributed by atoms with Crippen LogP contribution in [-0.2, 0) is 14.6 Å². The summed E-state index contributed by atoms with van der Waals surface area (Å²) in [6, 6.07) is 11.9. The Hall–Kier alpha value is -2.24. The largest absolute Gasteiger partial charge is 0.497 e. The number of morpholine rings is 1. The predicted octanol–water partition coefficient (Wildman–Crippen LogP) is 3.89. The molecule has 1 aromatic heterocycles. The van der Waals surface area contributed by atoms with Gasteiger partial charge >= 0.3 is 0 Å². The van der Waals surface area contributed by atoms with Gasteiger partial charge in [0.05, 0.1) is 41.2 Å². The van der Waals surface area contributed by atoms with Crippen LogP contribution in [0.15, 0.2) is 47.4 Å². The number of halogens is 1. The number of hydrogen-bond donors (Lipinski definition) is 0. The van der Waals surface area contributed by atoms with Crippen molar-refractivity contribution in [1.29, 1.82) is 0 Å². The first-order valence-corrected chi connectivity index (χ1v) is 13.8. The van der Waals surface area contributed by atoms with Gasteiger partial charge in [-0.3, -0.25) is 14.6 Å². The van der Waals surface area contributed by atoms with Crippen LogP contribution in [-0.4, -0.2) is 76.5 Å². The average molecular weight is 540 g/mol. The summed E-state index contributed by atoms with van der Waals surface area (Å²) in [5, 5.41) is 0.582. The molecular formula is C24H30ClN3O5S2. The summed E-state index contributed by atoms with van der Waals surface area (Å²) in [6.45, 7) is 6.12. The number of rotatable bonds is 9. The van der Waals surface area contributed by atoms with E-state index in [9.17, 15) is 13.2 Å². The van der Waals surface area contributed by atoms with Crippen molar-refractivity contribution in [2.75, 3.05) is 57.2 Å². The third-order valence-corrected chi connectivity index (χ3v) is 8.61. The van der Waals surface area contributed by atoms with E-state index in [0.29, 0.717) is 17.2 Å². The van der Waals surface area contributed by atoms with Gasteiger partial charge < -0.3 is 9.47 Å². The zero-order chi connectivity index (χ0) is 24.1. The lowest BCUT2D eigenvalue weighted by Crippen LogP contribution is -2.39. The normalized spacial score (nSPS) is 14.5. The minimum absolute atomic E-state index is 0. The van der Waals surface area contributed by atoms with Gasteiger partial charge in [0.15, 0.2) is 15.0 Å². The van der Waals surface area contributed by atoms with Crippen LogP contribution in [0, 0.1) is 0 Å². The topological polar surface area (TPSA) is 89.0 Å².